The molecule has 7 atom stereocenters. The topological polar surface area (TPSA) is 37.3 Å². The largest absolute Gasteiger partial charge is 0.393 e. The molecular formula is C29H50O2. The first-order valence-corrected chi connectivity index (χ1v) is 13.4. The molecule has 31 heavy (non-hydrogen) atoms. The minimum Gasteiger partial charge on any atom is -0.393 e. The lowest BCUT2D eigenvalue weighted by atomic mass is 9.47. The molecule has 0 radical (unpaired) electrons. The lowest BCUT2D eigenvalue weighted by molar-refractivity contribution is -0.144. The molecule has 0 amide bonds. The first-order chi connectivity index (χ1) is 14.5. The van der Waals surface area contributed by atoms with Crippen molar-refractivity contribution in [2.24, 2.45) is 39.9 Å². The number of allylic oxidation sites excluding steroid dienone is 1. The number of carbonyl (C=O) groups is 1. The molecule has 0 aromatic heterocycles. The van der Waals surface area contributed by atoms with Crippen LogP contribution in [0.15, 0.2) is 11.6 Å². The Morgan fingerprint density at radius 3 is 2.48 bits per heavy atom. The van der Waals surface area contributed by atoms with Crippen LogP contribution in [0.1, 0.15) is 119 Å². The van der Waals surface area contributed by atoms with Crippen molar-refractivity contribution in [2.45, 2.75) is 125 Å². The number of aliphatic hydroxyl groups is 1. The summed E-state index contributed by atoms with van der Waals surface area (Å²) in [6.45, 7) is 15.8. The van der Waals surface area contributed by atoms with Crippen LogP contribution in [-0.4, -0.2) is 17.0 Å². The molecule has 0 aromatic carbocycles. The highest BCUT2D eigenvalue weighted by molar-refractivity contribution is 5.85. The van der Waals surface area contributed by atoms with Gasteiger partial charge in [0.05, 0.1) is 6.10 Å². The summed E-state index contributed by atoms with van der Waals surface area (Å²) in [7, 11) is 0. The molecular weight excluding hydrogens is 380 g/mol. The predicted molar refractivity (Wildman–Crippen MR) is 131 cm³/mol. The third-order valence-corrected chi connectivity index (χ3v) is 9.69. The van der Waals surface area contributed by atoms with Crippen molar-refractivity contribution >= 4 is 5.78 Å². The van der Waals surface area contributed by atoms with Gasteiger partial charge in [0.2, 0.25) is 0 Å². The number of ketones is 1. The molecule has 0 heterocycles. The highest BCUT2D eigenvalue weighted by atomic mass is 16.3. The van der Waals surface area contributed by atoms with Gasteiger partial charge < -0.3 is 5.11 Å². The zero-order valence-electron chi connectivity index (χ0n) is 21.6. The SMILES string of the molecule is CC.CC(C)(C)CCCCC1CCC2C3CC=C4CC(O)CCC4(C)C3C(=O)CC12C. The van der Waals surface area contributed by atoms with E-state index in [1.165, 1.54) is 44.1 Å². The summed E-state index contributed by atoms with van der Waals surface area (Å²) in [6, 6.07) is 0. The minimum atomic E-state index is -0.196. The number of hydrogen-bond acceptors (Lipinski definition) is 2. The summed E-state index contributed by atoms with van der Waals surface area (Å²) in [5, 5.41) is 10.2. The lowest BCUT2D eigenvalue weighted by Gasteiger charge is -2.57. The Kier molecular flexibility index (Phi) is 7.51. The van der Waals surface area contributed by atoms with Gasteiger partial charge in [0.1, 0.15) is 5.78 Å². The van der Waals surface area contributed by atoms with Gasteiger partial charge in [0.25, 0.3) is 0 Å². The van der Waals surface area contributed by atoms with Crippen molar-refractivity contribution in [1.82, 2.24) is 0 Å². The van der Waals surface area contributed by atoms with E-state index in [9.17, 15) is 9.90 Å². The number of hydrogen-bond donors (Lipinski definition) is 1. The fraction of sp³-hybridized carbons (Fsp3) is 0.897. The molecule has 7 unspecified atom stereocenters. The fourth-order valence-corrected chi connectivity index (χ4v) is 8.09. The van der Waals surface area contributed by atoms with Gasteiger partial charge in [-0.2, -0.15) is 0 Å². The van der Waals surface area contributed by atoms with Crippen LogP contribution in [0.2, 0.25) is 0 Å². The van der Waals surface area contributed by atoms with Crippen molar-refractivity contribution in [1.29, 1.82) is 0 Å². The Bertz CT molecular complexity index is 671. The number of carbonyl (C=O) groups excluding carboxylic acids is 1. The molecule has 2 heteroatoms. The number of fused-ring (bicyclic) bond motifs is 5. The van der Waals surface area contributed by atoms with Crippen LogP contribution in [-0.2, 0) is 4.79 Å². The van der Waals surface area contributed by atoms with Gasteiger partial charge in [-0.05, 0) is 85.4 Å². The maximum absolute atomic E-state index is 13.6. The van der Waals surface area contributed by atoms with Crippen LogP contribution in [0.5, 0.6) is 0 Å². The zero-order chi connectivity index (χ0) is 23.0. The molecule has 3 fully saturated rings. The van der Waals surface area contributed by atoms with Gasteiger partial charge in [0.15, 0.2) is 0 Å². The Morgan fingerprint density at radius 1 is 1.10 bits per heavy atom. The number of unbranched alkanes of at least 4 members (excludes halogenated alkanes) is 1. The van der Waals surface area contributed by atoms with E-state index in [1.54, 1.807) is 0 Å². The molecule has 2 nitrogen and oxygen atoms in total. The van der Waals surface area contributed by atoms with Crippen LogP contribution >= 0.6 is 0 Å². The summed E-state index contributed by atoms with van der Waals surface area (Å²) < 4.78 is 0. The van der Waals surface area contributed by atoms with Crippen LogP contribution in [0, 0.1) is 39.9 Å². The molecule has 0 bridgehead atoms. The summed E-state index contributed by atoms with van der Waals surface area (Å²) in [6.07, 6.45) is 14.7. The summed E-state index contributed by atoms with van der Waals surface area (Å²) in [5.74, 6) is 2.78. The third kappa shape index (κ3) is 4.71. The summed E-state index contributed by atoms with van der Waals surface area (Å²) >= 11 is 0. The van der Waals surface area contributed by atoms with E-state index in [0.717, 1.165) is 43.9 Å². The molecule has 4 rings (SSSR count). The Hall–Kier alpha value is -0.630. The maximum atomic E-state index is 13.6. The third-order valence-electron chi connectivity index (χ3n) is 9.69. The van der Waals surface area contributed by atoms with E-state index in [-0.39, 0.29) is 22.9 Å². The molecule has 0 aliphatic heterocycles. The van der Waals surface area contributed by atoms with Crippen molar-refractivity contribution in [2.75, 3.05) is 0 Å². The van der Waals surface area contributed by atoms with Gasteiger partial charge in [-0.25, -0.2) is 0 Å². The number of rotatable bonds is 4. The maximum Gasteiger partial charge on any atom is 0.137 e. The number of Topliss-reactive ketones (excluding diaryl/α,β-unsaturated/α-hetero) is 1. The first-order valence-electron chi connectivity index (χ1n) is 13.4. The molecule has 3 saturated carbocycles. The average Bonchev–Trinajstić information content (AvgIpc) is 3.02. The standard InChI is InChI=1S/C27H44O2.C2H6/c1-25(2,3)14-7-6-8-18-10-12-22-21-11-9-19-16-20(28)13-15-26(19,4)24(21)23(29)17-27(18,22)5;1-2/h9,18,20-22,24,28H,6-8,10-17H2,1-5H3;1-2H3. The van der Waals surface area contributed by atoms with Crippen LogP contribution in [0.3, 0.4) is 0 Å². The van der Waals surface area contributed by atoms with E-state index in [0.29, 0.717) is 17.1 Å². The Labute approximate surface area is 192 Å². The second-order valence-corrected chi connectivity index (χ2v) is 12.8. The van der Waals surface area contributed by atoms with Gasteiger partial charge in [-0.15, -0.1) is 0 Å². The van der Waals surface area contributed by atoms with Crippen LogP contribution in [0.4, 0.5) is 0 Å². The van der Waals surface area contributed by atoms with E-state index in [1.807, 2.05) is 13.8 Å². The molecule has 4 aliphatic rings. The molecule has 1 N–H and O–H groups in total. The van der Waals surface area contributed by atoms with Crippen molar-refractivity contribution in [3.8, 4) is 0 Å². The second-order valence-electron chi connectivity index (χ2n) is 12.8. The smallest absolute Gasteiger partial charge is 0.137 e. The highest BCUT2D eigenvalue weighted by Gasteiger charge is 2.61. The molecule has 178 valence electrons. The second kappa shape index (κ2) is 9.32. The number of aliphatic hydroxyl groups excluding tert-OH is 1. The summed E-state index contributed by atoms with van der Waals surface area (Å²) in [4.78, 5) is 13.6. The normalized spacial score (nSPS) is 42.0. The lowest BCUT2D eigenvalue weighted by Crippen LogP contribution is -2.54. The minimum absolute atomic E-state index is 0.0192. The molecule has 0 spiro atoms. The van der Waals surface area contributed by atoms with Gasteiger partial charge in [0, 0.05) is 12.3 Å². The fourth-order valence-electron chi connectivity index (χ4n) is 8.09. The van der Waals surface area contributed by atoms with Gasteiger partial charge in [-0.3, -0.25) is 4.79 Å². The monoisotopic (exact) mass is 430 g/mol. The summed E-state index contributed by atoms with van der Waals surface area (Å²) in [5.41, 5.74) is 2.08. The van der Waals surface area contributed by atoms with E-state index in [2.05, 4.69) is 40.7 Å². The quantitative estimate of drug-likeness (QED) is 0.366. The molecule has 0 saturated heterocycles. The van der Waals surface area contributed by atoms with Crippen molar-refractivity contribution in [3.63, 3.8) is 0 Å². The van der Waals surface area contributed by atoms with E-state index < -0.39 is 0 Å². The Morgan fingerprint density at radius 2 is 1.81 bits per heavy atom. The van der Waals surface area contributed by atoms with Gasteiger partial charge >= 0.3 is 0 Å². The first kappa shape index (κ1) is 25.0. The van der Waals surface area contributed by atoms with E-state index >= 15 is 0 Å². The van der Waals surface area contributed by atoms with Gasteiger partial charge in [-0.1, -0.05) is 73.0 Å². The predicted octanol–water partition coefficient (Wildman–Crippen LogP) is 7.74. The van der Waals surface area contributed by atoms with Crippen LogP contribution in [0.25, 0.3) is 0 Å². The van der Waals surface area contributed by atoms with Crippen LogP contribution < -0.4 is 0 Å². The van der Waals surface area contributed by atoms with E-state index in [4.69, 9.17) is 0 Å². The Balaban J connectivity index is 0.00000132. The molecule has 4 aliphatic carbocycles. The average molecular weight is 431 g/mol. The zero-order valence-corrected chi connectivity index (χ0v) is 21.6. The molecule has 0 aromatic rings. The van der Waals surface area contributed by atoms with Crippen molar-refractivity contribution < 1.29 is 9.90 Å². The van der Waals surface area contributed by atoms with Crippen molar-refractivity contribution in [3.05, 3.63) is 11.6 Å². The highest BCUT2D eigenvalue weighted by Crippen LogP contribution is 2.65.